The average molecular weight is 294 g/mol. The summed E-state index contributed by atoms with van der Waals surface area (Å²) >= 11 is 5.10. The molecule has 0 saturated carbocycles. The Hall–Kier alpha value is -1.33. The van der Waals surface area contributed by atoms with Crippen molar-refractivity contribution < 1.29 is 0 Å². The number of fused-ring (bicyclic) bond motifs is 1. The Balaban J connectivity index is 2.38. The molecule has 0 spiro atoms. The lowest BCUT2D eigenvalue weighted by molar-refractivity contribution is 1.12. The van der Waals surface area contributed by atoms with Gasteiger partial charge in [0.25, 0.3) is 0 Å². The lowest BCUT2D eigenvalue weighted by atomic mass is 10.3. The van der Waals surface area contributed by atoms with Crippen LogP contribution in [-0.4, -0.2) is 9.55 Å². The zero-order chi connectivity index (χ0) is 11.1. The number of nitrogens with zero attached hydrogens (tertiary/aromatic N) is 2. The smallest absolute Gasteiger partial charge is 0.205 e. The van der Waals surface area contributed by atoms with Crippen molar-refractivity contribution in [2.75, 3.05) is 5.73 Å². The van der Waals surface area contributed by atoms with Gasteiger partial charge in [-0.2, -0.15) is 11.3 Å². The molecule has 2 N–H and O–H groups in total. The maximum absolute atomic E-state index is 5.94. The van der Waals surface area contributed by atoms with Crippen LogP contribution in [0.4, 0.5) is 5.95 Å². The van der Waals surface area contributed by atoms with E-state index in [1.54, 1.807) is 11.3 Å². The molecule has 16 heavy (non-hydrogen) atoms. The van der Waals surface area contributed by atoms with Gasteiger partial charge in [0.05, 0.1) is 16.7 Å². The zero-order valence-corrected chi connectivity index (χ0v) is 10.6. The van der Waals surface area contributed by atoms with E-state index in [1.807, 2.05) is 34.2 Å². The molecule has 3 nitrogen and oxygen atoms in total. The first-order valence-corrected chi connectivity index (χ1v) is 6.45. The zero-order valence-electron chi connectivity index (χ0n) is 8.22. The van der Waals surface area contributed by atoms with Crippen LogP contribution in [-0.2, 0) is 0 Å². The quantitative estimate of drug-likeness (QED) is 0.747. The molecule has 0 atom stereocenters. The Bertz CT molecular complexity index is 643. The van der Waals surface area contributed by atoms with Gasteiger partial charge in [-0.1, -0.05) is 15.9 Å². The van der Waals surface area contributed by atoms with Crippen LogP contribution in [0.5, 0.6) is 0 Å². The Morgan fingerprint density at radius 1 is 1.31 bits per heavy atom. The highest BCUT2D eigenvalue weighted by Gasteiger charge is 2.10. The van der Waals surface area contributed by atoms with Gasteiger partial charge in [0.1, 0.15) is 0 Å². The summed E-state index contributed by atoms with van der Waals surface area (Å²) in [7, 11) is 0. The molecule has 0 amide bonds. The van der Waals surface area contributed by atoms with Gasteiger partial charge in [-0.25, -0.2) is 4.98 Å². The van der Waals surface area contributed by atoms with Gasteiger partial charge in [-0.05, 0) is 29.6 Å². The van der Waals surface area contributed by atoms with Gasteiger partial charge >= 0.3 is 0 Å². The van der Waals surface area contributed by atoms with Crippen molar-refractivity contribution >= 4 is 44.2 Å². The molecule has 80 valence electrons. The molecule has 2 heterocycles. The summed E-state index contributed by atoms with van der Waals surface area (Å²) in [6.07, 6.45) is 0. The van der Waals surface area contributed by atoms with E-state index in [4.69, 9.17) is 5.73 Å². The lowest BCUT2D eigenvalue weighted by Gasteiger charge is -2.02. The minimum absolute atomic E-state index is 0.520. The summed E-state index contributed by atoms with van der Waals surface area (Å²) in [6.45, 7) is 0. The number of benzene rings is 1. The first-order valence-electron chi connectivity index (χ1n) is 4.72. The summed E-state index contributed by atoms with van der Waals surface area (Å²) in [4.78, 5) is 4.33. The van der Waals surface area contributed by atoms with E-state index in [1.165, 1.54) is 0 Å². The third kappa shape index (κ3) is 1.44. The molecule has 3 rings (SSSR count). The second-order valence-electron chi connectivity index (χ2n) is 3.42. The van der Waals surface area contributed by atoms with Crippen LogP contribution in [0, 0.1) is 0 Å². The molecule has 0 unspecified atom stereocenters. The van der Waals surface area contributed by atoms with Crippen LogP contribution >= 0.6 is 27.3 Å². The lowest BCUT2D eigenvalue weighted by Crippen LogP contribution is -1.98. The number of rotatable bonds is 1. The van der Waals surface area contributed by atoms with E-state index in [-0.39, 0.29) is 0 Å². The normalized spacial score (nSPS) is 11.1. The predicted octanol–water partition coefficient (Wildman–Crippen LogP) is 3.43. The number of nitrogen functional groups attached to an aromatic ring is 1. The highest BCUT2D eigenvalue weighted by molar-refractivity contribution is 9.10. The van der Waals surface area contributed by atoms with Crippen LogP contribution in [0.3, 0.4) is 0 Å². The Morgan fingerprint density at radius 2 is 2.19 bits per heavy atom. The maximum Gasteiger partial charge on any atom is 0.205 e. The number of thiophene rings is 1. The van der Waals surface area contributed by atoms with Crippen molar-refractivity contribution in [3.63, 3.8) is 0 Å². The van der Waals surface area contributed by atoms with Crippen molar-refractivity contribution in [2.45, 2.75) is 0 Å². The van der Waals surface area contributed by atoms with Crippen LogP contribution in [0.1, 0.15) is 0 Å². The fourth-order valence-corrected chi connectivity index (χ4v) is 2.69. The molecule has 2 aromatic heterocycles. The monoisotopic (exact) mass is 293 g/mol. The summed E-state index contributed by atoms with van der Waals surface area (Å²) in [5, 5.41) is 4.08. The molecule has 1 aromatic carbocycles. The standard InChI is InChI=1S/C11H8BrN3S/c12-7-1-2-9-10(5-7)15(11(13)14-9)8-3-4-16-6-8/h1-6H,(H2,13,14). The number of imidazole rings is 1. The molecule has 0 fully saturated rings. The van der Waals surface area contributed by atoms with E-state index < -0.39 is 0 Å². The summed E-state index contributed by atoms with van der Waals surface area (Å²) < 4.78 is 2.98. The number of anilines is 1. The molecule has 5 heteroatoms. The minimum atomic E-state index is 0.520. The topological polar surface area (TPSA) is 43.8 Å². The number of hydrogen-bond donors (Lipinski definition) is 1. The van der Waals surface area contributed by atoms with E-state index in [0.717, 1.165) is 21.2 Å². The number of hydrogen-bond acceptors (Lipinski definition) is 3. The number of nitrogens with two attached hydrogens (primary N) is 1. The number of halogens is 1. The molecule has 0 saturated heterocycles. The van der Waals surface area contributed by atoms with Crippen LogP contribution in [0.15, 0.2) is 39.5 Å². The SMILES string of the molecule is Nc1nc2ccc(Br)cc2n1-c1ccsc1. The van der Waals surface area contributed by atoms with Gasteiger partial charge in [-0.3, -0.25) is 4.57 Å². The second kappa shape index (κ2) is 3.61. The highest BCUT2D eigenvalue weighted by atomic mass is 79.9. The van der Waals surface area contributed by atoms with Crippen LogP contribution < -0.4 is 5.73 Å². The van der Waals surface area contributed by atoms with Crippen molar-refractivity contribution in [1.82, 2.24) is 9.55 Å². The predicted molar refractivity (Wildman–Crippen MR) is 71.1 cm³/mol. The minimum Gasteiger partial charge on any atom is -0.369 e. The van der Waals surface area contributed by atoms with E-state index >= 15 is 0 Å². The fourth-order valence-electron chi connectivity index (χ4n) is 1.72. The third-order valence-electron chi connectivity index (χ3n) is 2.41. The Kier molecular flexibility index (Phi) is 2.22. The summed E-state index contributed by atoms with van der Waals surface area (Å²) in [5.41, 5.74) is 8.92. The fraction of sp³-hybridized carbons (Fsp3) is 0. The van der Waals surface area contributed by atoms with Gasteiger partial charge in [-0.15, -0.1) is 0 Å². The van der Waals surface area contributed by atoms with E-state index in [2.05, 4.69) is 26.3 Å². The van der Waals surface area contributed by atoms with Crippen molar-refractivity contribution in [3.8, 4) is 5.69 Å². The van der Waals surface area contributed by atoms with Crippen molar-refractivity contribution in [2.24, 2.45) is 0 Å². The molecule has 0 bridgehead atoms. The number of aromatic nitrogens is 2. The van der Waals surface area contributed by atoms with Crippen molar-refractivity contribution in [1.29, 1.82) is 0 Å². The molecule has 0 radical (unpaired) electrons. The summed E-state index contributed by atoms with van der Waals surface area (Å²) in [6, 6.07) is 7.98. The largest absolute Gasteiger partial charge is 0.369 e. The molecule has 3 aromatic rings. The highest BCUT2D eigenvalue weighted by Crippen LogP contribution is 2.26. The molecule has 0 aliphatic carbocycles. The van der Waals surface area contributed by atoms with Gasteiger partial charge in [0.2, 0.25) is 5.95 Å². The molecule has 0 aliphatic heterocycles. The molecular formula is C11H8BrN3S. The van der Waals surface area contributed by atoms with Crippen LogP contribution in [0.25, 0.3) is 16.7 Å². The van der Waals surface area contributed by atoms with Gasteiger partial charge in [0, 0.05) is 9.85 Å². The molecule has 0 aliphatic rings. The summed E-state index contributed by atoms with van der Waals surface area (Å²) in [5.74, 6) is 0.520. The van der Waals surface area contributed by atoms with E-state index in [0.29, 0.717) is 5.95 Å². The van der Waals surface area contributed by atoms with Crippen LogP contribution in [0.2, 0.25) is 0 Å². The van der Waals surface area contributed by atoms with Crippen molar-refractivity contribution in [3.05, 3.63) is 39.5 Å². The first kappa shape index (κ1) is 9.86. The molecular weight excluding hydrogens is 286 g/mol. The second-order valence-corrected chi connectivity index (χ2v) is 5.12. The first-order chi connectivity index (χ1) is 7.75. The van der Waals surface area contributed by atoms with Gasteiger partial charge < -0.3 is 5.73 Å². The maximum atomic E-state index is 5.94. The Labute approximate surface area is 105 Å². The average Bonchev–Trinajstić information content (AvgIpc) is 2.83. The van der Waals surface area contributed by atoms with Gasteiger partial charge in [0.15, 0.2) is 0 Å². The third-order valence-corrected chi connectivity index (χ3v) is 3.57. The Morgan fingerprint density at radius 3 is 2.94 bits per heavy atom. The van der Waals surface area contributed by atoms with E-state index in [9.17, 15) is 0 Å².